The number of ether oxygens (including phenoxy) is 2. The lowest BCUT2D eigenvalue weighted by Crippen LogP contribution is -2.37. The molecule has 0 aliphatic rings. The average Bonchev–Trinajstić information content (AvgIpc) is 2.21. The van der Waals surface area contributed by atoms with Gasteiger partial charge in [-0.1, -0.05) is 27.7 Å². The van der Waals surface area contributed by atoms with E-state index in [0.29, 0.717) is 17.9 Å². The quantitative estimate of drug-likeness (QED) is 0.585. The Morgan fingerprint density at radius 2 is 1.75 bits per heavy atom. The van der Waals surface area contributed by atoms with Gasteiger partial charge in [0.05, 0.1) is 6.61 Å². The van der Waals surface area contributed by atoms with Crippen LogP contribution in [0.4, 0.5) is 0 Å². The first-order chi connectivity index (χ1) is 7.57. The highest BCUT2D eigenvalue weighted by Gasteiger charge is 2.11. The molecule has 0 bridgehead atoms. The molecule has 1 atom stereocenters. The predicted molar refractivity (Wildman–Crippen MR) is 68.8 cm³/mol. The lowest BCUT2D eigenvalue weighted by molar-refractivity contribution is 0.106. The summed E-state index contributed by atoms with van der Waals surface area (Å²) in [4.78, 5) is 0. The summed E-state index contributed by atoms with van der Waals surface area (Å²) in [5, 5.41) is 3.52. The Bertz CT molecular complexity index is 149. The summed E-state index contributed by atoms with van der Waals surface area (Å²) >= 11 is 0. The molecule has 0 rings (SSSR count). The van der Waals surface area contributed by atoms with Crippen LogP contribution < -0.4 is 5.32 Å². The molecular weight excluding hydrogens is 202 g/mol. The van der Waals surface area contributed by atoms with Gasteiger partial charge in [-0.15, -0.1) is 0 Å². The number of hydrogen-bond acceptors (Lipinski definition) is 3. The molecule has 0 amide bonds. The van der Waals surface area contributed by atoms with Crippen molar-refractivity contribution in [2.24, 2.45) is 11.8 Å². The highest BCUT2D eigenvalue weighted by Crippen LogP contribution is 2.05. The molecule has 3 heteroatoms. The van der Waals surface area contributed by atoms with Crippen molar-refractivity contribution in [3.63, 3.8) is 0 Å². The SMILES string of the molecule is COCCC(NCCOCC(C)C)C(C)C. The summed E-state index contributed by atoms with van der Waals surface area (Å²) in [6.45, 7) is 12.2. The van der Waals surface area contributed by atoms with E-state index >= 15 is 0 Å². The Morgan fingerprint density at radius 1 is 1.06 bits per heavy atom. The smallest absolute Gasteiger partial charge is 0.0591 e. The molecule has 98 valence electrons. The van der Waals surface area contributed by atoms with Crippen molar-refractivity contribution in [2.45, 2.75) is 40.2 Å². The maximum absolute atomic E-state index is 5.54. The van der Waals surface area contributed by atoms with Crippen LogP contribution in [0.15, 0.2) is 0 Å². The molecule has 3 nitrogen and oxygen atoms in total. The zero-order valence-electron chi connectivity index (χ0n) is 11.6. The van der Waals surface area contributed by atoms with Crippen LogP contribution >= 0.6 is 0 Å². The van der Waals surface area contributed by atoms with Gasteiger partial charge in [0, 0.05) is 32.9 Å². The van der Waals surface area contributed by atoms with E-state index in [-0.39, 0.29) is 0 Å². The largest absolute Gasteiger partial charge is 0.385 e. The molecule has 0 aliphatic carbocycles. The maximum atomic E-state index is 5.54. The van der Waals surface area contributed by atoms with Gasteiger partial charge in [-0.25, -0.2) is 0 Å². The van der Waals surface area contributed by atoms with E-state index in [9.17, 15) is 0 Å². The van der Waals surface area contributed by atoms with Gasteiger partial charge < -0.3 is 14.8 Å². The monoisotopic (exact) mass is 231 g/mol. The van der Waals surface area contributed by atoms with Crippen LogP contribution in [-0.4, -0.2) is 39.5 Å². The van der Waals surface area contributed by atoms with E-state index < -0.39 is 0 Å². The molecule has 0 aromatic heterocycles. The minimum atomic E-state index is 0.530. The summed E-state index contributed by atoms with van der Waals surface area (Å²) in [5.41, 5.74) is 0. The molecule has 0 heterocycles. The summed E-state index contributed by atoms with van der Waals surface area (Å²) in [6, 6.07) is 0.530. The first-order valence-corrected chi connectivity index (χ1v) is 6.38. The number of nitrogens with one attached hydrogen (secondary N) is 1. The van der Waals surface area contributed by atoms with Crippen LogP contribution in [0.1, 0.15) is 34.1 Å². The number of hydrogen-bond donors (Lipinski definition) is 1. The number of rotatable bonds is 10. The fraction of sp³-hybridized carbons (Fsp3) is 1.00. The van der Waals surface area contributed by atoms with Gasteiger partial charge >= 0.3 is 0 Å². The van der Waals surface area contributed by atoms with Crippen molar-refractivity contribution in [1.29, 1.82) is 0 Å². The molecule has 1 unspecified atom stereocenters. The van der Waals surface area contributed by atoms with E-state index in [1.807, 2.05) is 0 Å². The summed E-state index contributed by atoms with van der Waals surface area (Å²) in [7, 11) is 1.75. The van der Waals surface area contributed by atoms with Crippen molar-refractivity contribution in [1.82, 2.24) is 5.32 Å². The Hall–Kier alpha value is -0.120. The van der Waals surface area contributed by atoms with Crippen molar-refractivity contribution >= 4 is 0 Å². The van der Waals surface area contributed by atoms with Crippen molar-refractivity contribution in [3.05, 3.63) is 0 Å². The predicted octanol–water partition coefficient (Wildman–Crippen LogP) is 2.31. The van der Waals surface area contributed by atoms with Gasteiger partial charge in [0.2, 0.25) is 0 Å². The molecule has 1 N–H and O–H groups in total. The second-order valence-electron chi connectivity index (χ2n) is 5.05. The minimum Gasteiger partial charge on any atom is -0.385 e. The van der Waals surface area contributed by atoms with Gasteiger partial charge in [-0.3, -0.25) is 0 Å². The normalized spacial score (nSPS) is 13.7. The minimum absolute atomic E-state index is 0.530. The highest BCUT2D eigenvalue weighted by molar-refractivity contribution is 4.69. The Labute approximate surface area is 101 Å². The van der Waals surface area contributed by atoms with Crippen LogP contribution in [-0.2, 0) is 9.47 Å². The fourth-order valence-corrected chi connectivity index (χ4v) is 1.55. The first kappa shape index (κ1) is 15.9. The molecular formula is C13H29NO2. The molecule has 16 heavy (non-hydrogen) atoms. The van der Waals surface area contributed by atoms with Gasteiger partial charge in [0.15, 0.2) is 0 Å². The van der Waals surface area contributed by atoms with Gasteiger partial charge in [-0.05, 0) is 18.3 Å². The first-order valence-electron chi connectivity index (χ1n) is 6.38. The van der Waals surface area contributed by atoms with Crippen LogP contribution in [0.25, 0.3) is 0 Å². The van der Waals surface area contributed by atoms with Crippen molar-refractivity contribution in [3.8, 4) is 0 Å². The molecule has 0 aromatic rings. The number of methoxy groups -OCH3 is 1. The third-order valence-electron chi connectivity index (χ3n) is 2.54. The van der Waals surface area contributed by atoms with E-state index in [2.05, 4.69) is 33.0 Å². The van der Waals surface area contributed by atoms with Crippen LogP contribution in [0.3, 0.4) is 0 Å². The molecule has 0 saturated heterocycles. The van der Waals surface area contributed by atoms with Gasteiger partial charge in [-0.2, -0.15) is 0 Å². The maximum Gasteiger partial charge on any atom is 0.0591 e. The lowest BCUT2D eigenvalue weighted by Gasteiger charge is -2.22. The molecule has 0 spiro atoms. The Kier molecular flexibility index (Phi) is 9.99. The van der Waals surface area contributed by atoms with Gasteiger partial charge in [0.25, 0.3) is 0 Å². The second kappa shape index (κ2) is 10.1. The molecule has 0 saturated carbocycles. The molecule has 0 radical (unpaired) electrons. The standard InChI is InChI=1S/C13H29NO2/c1-11(2)10-16-9-7-14-13(12(3)4)6-8-15-5/h11-14H,6-10H2,1-5H3. The fourth-order valence-electron chi connectivity index (χ4n) is 1.55. The topological polar surface area (TPSA) is 30.5 Å². The van der Waals surface area contributed by atoms with Crippen molar-refractivity contribution < 1.29 is 9.47 Å². The molecule has 0 aromatic carbocycles. The molecule has 0 fully saturated rings. The third-order valence-corrected chi connectivity index (χ3v) is 2.54. The Morgan fingerprint density at radius 3 is 2.25 bits per heavy atom. The van der Waals surface area contributed by atoms with Crippen molar-refractivity contribution in [2.75, 3.05) is 33.5 Å². The van der Waals surface area contributed by atoms with E-state index in [4.69, 9.17) is 9.47 Å². The zero-order valence-corrected chi connectivity index (χ0v) is 11.6. The highest BCUT2D eigenvalue weighted by atomic mass is 16.5. The summed E-state index contributed by atoms with van der Waals surface area (Å²) < 4.78 is 10.6. The lowest BCUT2D eigenvalue weighted by atomic mass is 10.0. The average molecular weight is 231 g/mol. The van der Waals surface area contributed by atoms with Crippen LogP contribution in [0.5, 0.6) is 0 Å². The molecule has 0 aliphatic heterocycles. The summed E-state index contributed by atoms with van der Waals surface area (Å²) in [5.74, 6) is 1.26. The van der Waals surface area contributed by atoms with E-state index in [0.717, 1.165) is 32.8 Å². The van der Waals surface area contributed by atoms with Crippen LogP contribution in [0.2, 0.25) is 0 Å². The van der Waals surface area contributed by atoms with Crippen LogP contribution in [0, 0.1) is 11.8 Å². The van der Waals surface area contributed by atoms with E-state index in [1.54, 1.807) is 7.11 Å². The zero-order chi connectivity index (χ0) is 12.4. The second-order valence-corrected chi connectivity index (χ2v) is 5.05. The van der Waals surface area contributed by atoms with E-state index in [1.165, 1.54) is 0 Å². The third kappa shape index (κ3) is 9.13. The van der Waals surface area contributed by atoms with Gasteiger partial charge in [0.1, 0.15) is 0 Å². The Balaban J connectivity index is 3.52. The summed E-state index contributed by atoms with van der Waals surface area (Å²) in [6.07, 6.45) is 1.07.